The SMILES string of the molecule is CCC(CN)(Cc1ccccc1)N(C)Cc1cc(Br)cs1. The Morgan fingerprint density at radius 2 is 2.00 bits per heavy atom. The minimum Gasteiger partial charge on any atom is -0.329 e. The van der Waals surface area contributed by atoms with Gasteiger partial charge in [0.2, 0.25) is 0 Å². The average molecular weight is 367 g/mol. The minimum atomic E-state index is 0.0117. The molecule has 1 aromatic heterocycles. The fourth-order valence-electron chi connectivity index (χ4n) is 2.72. The van der Waals surface area contributed by atoms with Gasteiger partial charge in [-0.05, 0) is 47.4 Å². The zero-order chi connectivity index (χ0) is 15.3. The molecule has 0 amide bonds. The third-order valence-electron chi connectivity index (χ3n) is 4.24. The quantitative estimate of drug-likeness (QED) is 0.791. The number of hydrogen-bond acceptors (Lipinski definition) is 3. The van der Waals surface area contributed by atoms with E-state index in [0.29, 0.717) is 6.54 Å². The van der Waals surface area contributed by atoms with E-state index in [1.165, 1.54) is 10.4 Å². The zero-order valence-electron chi connectivity index (χ0n) is 12.7. The Balaban J connectivity index is 2.16. The molecule has 0 aliphatic rings. The third kappa shape index (κ3) is 4.16. The molecule has 0 aliphatic carbocycles. The Morgan fingerprint density at radius 3 is 2.52 bits per heavy atom. The number of hydrogen-bond donors (Lipinski definition) is 1. The molecule has 1 heterocycles. The van der Waals surface area contributed by atoms with E-state index in [9.17, 15) is 0 Å². The van der Waals surface area contributed by atoms with Crippen LogP contribution in [0.3, 0.4) is 0 Å². The van der Waals surface area contributed by atoms with E-state index >= 15 is 0 Å². The van der Waals surface area contributed by atoms with Crippen LogP contribution in [0.5, 0.6) is 0 Å². The van der Waals surface area contributed by atoms with Gasteiger partial charge in [-0.25, -0.2) is 0 Å². The average Bonchev–Trinajstić information content (AvgIpc) is 2.91. The highest BCUT2D eigenvalue weighted by Gasteiger charge is 2.31. The molecule has 0 saturated carbocycles. The van der Waals surface area contributed by atoms with Crippen LogP contribution in [0.15, 0.2) is 46.3 Å². The van der Waals surface area contributed by atoms with Crippen molar-refractivity contribution in [3.05, 3.63) is 56.7 Å². The monoisotopic (exact) mass is 366 g/mol. The Bertz CT molecular complexity index is 549. The van der Waals surface area contributed by atoms with Crippen molar-refractivity contribution in [2.45, 2.75) is 31.8 Å². The first-order valence-electron chi connectivity index (χ1n) is 7.28. The van der Waals surface area contributed by atoms with E-state index in [1.807, 2.05) is 0 Å². The van der Waals surface area contributed by atoms with E-state index in [0.717, 1.165) is 23.9 Å². The largest absolute Gasteiger partial charge is 0.329 e. The molecule has 1 atom stereocenters. The van der Waals surface area contributed by atoms with Gasteiger partial charge in [-0.15, -0.1) is 11.3 Å². The molecular formula is C17H23BrN2S. The molecule has 0 saturated heterocycles. The number of thiophene rings is 1. The van der Waals surface area contributed by atoms with Gasteiger partial charge in [0.1, 0.15) is 0 Å². The second-order valence-electron chi connectivity index (χ2n) is 5.53. The molecule has 1 unspecified atom stereocenters. The van der Waals surface area contributed by atoms with Crippen molar-refractivity contribution in [3.63, 3.8) is 0 Å². The lowest BCUT2D eigenvalue weighted by atomic mass is 9.86. The molecule has 114 valence electrons. The van der Waals surface area contributed by atoms with Gasteiger partial charge in [0.15, 0.2) is 0 Å². The van der Waals surface area contributed by atoms with Crippen LogP contribution < -0.4 is 5.73 Å². The molecule has 4 heteroatoms. The number of halogens is 1. The third-order valence-corrected chi connectivity index (χ3v) is 5.92. The summed E-state index contributed by atoms with van der Waals surface area (Å²) in [5.74, 6) is 0. The lowest BCUT2D eigenvalue weighted by molar-refractivity contribution is 0.113. The van der Waals surface area contributed by atoms with Crippen LogP contribution in [0.2, 0.25) is 0 Å². The molecule has 0 aliphatic heterocycles. The standard InChI is InChI=1S/C17H23BrN2S/c1-3-17(13-19,10-14-7-5-4-6-8-14)20(2)11-16-9-15(18)12-21-16/h4-9,12H,3,10-11,13,19H2,1-2H3. The zero-order valence-corrected chi connectivity index (χ0v) is 15.1. The maximum atomic E-state index is 6.18. The van der Waals surface area contributed by atoms with Gasteiger partial charge in [-0.1, -0.05) is 37.3 Å². The highest BCUT2D eigenvalue weighted by atomic mass is 79.9. The van der Waals surface area contributed by atoms with Gasteiger partial charge in [0, 0.05) is 33.4 Å². The summed E-state index contributed by atoms with van der Waals surface area (Å²) in [4.78, 5) is 3.78. The van der Waals surface area contributed by atoms with Crippen LogP contribution in [-0.2, 0) is 13.0 Å². The molecule has 21 heavy (non-hydrogen) atoms. The second kappa shape index (κ2) is 7.54. The molecular weight excluding hydrogens is 344 g/mol. The van der Waals surface area contributed by atoms with Gasteiger partial charge in [-0.3, -0.25) is 4.90 Å². The van der Waals surface area contributed by atoms with Crippen LogP contribution in [0.1, 0.15) is 23.8 Å². The van der Waals surface area contributed by atoms with Crippen molar-refractivity contribution in [1.82, 2.24) is 4.90 Å². The fraction of sp³-hybridized carbons (Fsp3) is 0.412. The topological polar surface area (TPSA) is 29.3 Å². The van der Waals surface area contributed by atoms with Crippen LogP contribution in [0.4, 0.5) is 0 Å². The summed E-state index contributed by atoms with van der Waals surface area (Å²) in [7, 11) is 2.19. The number of nitrogens with two attached hydrogens (primary N) is 1. The molecule has 2 N–H and O–H groups in total. The predicted octanol–water partition coefficient (Wildman–Crippen LogP) is 4.29. The summed E-state index contributed by atoms with van der Waals surface area (Å²) < 4.78 is 1.16. The summed E-state index contributed by atoms with van der Waals surface area (Å²) in [6, 6.07) is 12.8. The Hall–Kier alpha value is -0.680. The predicted molar refractivity (Wildman–Crippen MR) is 95.7 cm³/mol. The number of benzene rings is 1. The lowest BCUT2D eigenvalue weighted by Gasteiger charge is -2.41. The molecule has 0 bridgehead atoms. The number of nitrogens with zero attached hydrogens (tertiary/aromatic N) is 1. The molecule has 2 nitrogen and oxygen atoms in total. The molecule has 0 fully saturated rings. The highest BCUT2D eigenvalue weighted by Crippen LogP contribution is 2.27. The first-order valence-corrected chi connectivity index (χ1v) is 8.95. The second-order valence-corrected chi connectivity index (χ2v) is 7.44. The van der Waals surface area contributed by atoms with E-state index in [2.05, 4.69) is 76.6 Å². The van der Waals surface area contributed by atoms with Crippen molar-refractivity contribution in [2.75, 3.05) is 13.6 Å². The molecule has 2 aromatic rings. The smallest absolute Gasteiger partial charge is 0.0370 e. The summed E-state index contributed by atoms with van der Waals surface area (Å²) in [5, 5.41) is 2.14. The lowest BCUT2D eigenvalue weighted by Crippen LogP contribution is -2.52. The van der Waals surface area contributed by atoms with Crippen molar-refractivity contribution >= 4 is 27.3 Å². The van der Waals surface area contributed by atoms with Gasteiger partial charge in [0.05, 0.1) is 0 Å². The van der Waals surface area contributed by atoms with Gasteiger partial charge in [-0.2, -0.15) is 0 Å². The van der Waals surface area contributed by atoms with Crippen molar-refractivity contribution < 1.29 is 0 Å². The minimum absolute atomic E-state index is 0.0117. The van der Waals surface area contributed by atoms with Crippen molar-refractivity contribution in [2.24, 2.45) is 5.73 Å². The first kappa shape index (κ1) is 16.7. The van der Waals surface area contributed by atoms with Crippen molar-refractivity contribution in [3.8, 4) is 0 Å². The summed E-state index contributed by atoms with van der Waals surface area (Å²) in [6.45, 7) is 3.84. The van der Waals surface area contributed by atoms with E-state index in [-0.39, 0.29) is 5.54 Å². The van der Waals surface area contributed by atoms with E-state index in [4.69, 9.17) is 5.73 Å². The Kier molecular flexibility index (Phi) is 5.99. The summed E-state index contributed by atoms with van der Waals surface area (Å²) in [5.41, 5.74) is 7.54. The van der Waals surface area contributed by atoms with Crippen LogP contribution in [0, 0.1) is 0 Å². The maximum absolute atomic E-state index is 6.18. The maximum Gasteiger partial charge on any atom is 0.0370 e. The van der Waals surface area contributed by atoms with Gasteiger partial charge < -0.3 is 5.73 Å². The van der Waals surface area contributed by atoms with Crippen molar-refractivity contribution in [1.29, 1.82) is 0 Å². The van der Waals surface area contributed by atoms with E-state index in [1.54, 1.807) is 11.3 Å². The normalized spacial score (nSPS) is 14.3. The summed E-state index contributed by atoms with van der Waals surface area (Å²) >= 11 is 5.32. The first-order chi connectivity index (χ1) is 10.1. The number of likely N-dealkylation sites (N-methyl/N-ethyl adjacent to an activating group) is 1. The van der Waals surface area contributed by atoms with Crippen LogP contribution in [0.25, 0.3) is 0 Å². The molecule has 2 rings (SSSR count). The molecule has 1 aromatic carbocycles. The van der Waals surface area contributed by atoms with Gasteiger partial charge >= 0.3 is 0 Å². The van der Waals surface area contributed by atoms with Gasteiger partial charge in [0.25, 0.3) is 0 Å². The summed E-state index contributed by atoms with van der Waals surface area (Å²) in [6.07, 6.45) is 2.03. The molecule has 0 spiro atoms. The number of rotatable bonds is 7. The van der Waals surface area contributed by atoms with E-state index < -0.39 is 0 Å². The fourth-order valence-corrected chi connectivity index (χ4v) is 4.22. The Morgan fingerprint density at radius 1 is 1.29 bits per heavy atom. The van der Waals surface area contributed by atoms with Crippen LogP contribution in [-0.4, -0.2) is 24.0 Å². The van der Waals surface area contributed by atoms with Crippen LogP contribution >= 0.6 is 27.3 Å². The highest BCUT2D eigenvalue weighted by molar-refractivity contribution is 9.10. The Labute approximate surface area is 140 Å². The molecule has 0 radical (unpaired) electrons.